The SMILES string of the molecule is C/C=C/CO[C@H](C)C(=O)O. The van der Waals surface area contributed by atoms with Crippen molar-refractivity contribution in [3.05, 3.63) is 12.2 Å². The molecule has 0 fully saturated rings. The van der Waals surface area contributed by atoms with E-state index < -0.39 is 12.1 Å². The Balaban J connectivity index is 3.39. The van der Waals surface area contributed by atoms with Crippen molar-refractivity contribution in [2.75, 3.05) is 6.61 Å². The topological polar surface area (TPSA) is 46.5 Å². The van der Waals surface area contributed by atoms with E-state index in [0.29, 0.717) is 6.61 Å². The molecule has 0 aromatic rings. The van der Waals surface area contributed by atoms with Crippen molar-refractivity contribution < 1.29 is 14.6 Å². The first-order valence-corrected chi connectivity index (χ1v) is 3.14. The van der Waals surface area contributed by atoms with E-state index in [1.54, 1.807) is 6.08 Å². The molecule has 10 heavy (non-hydrogen) atoms. The van der Waals surface area contributed by atoms with E-state index in [0.717, 1.165) is 0 Å². The maximum atomic E-state index is 10.1. The highest BCUT2D eigenvalue weighted by molar-refractivity contribution is 5.71. The van der Waals surface area contributed by atoms with E-state index in [1.165, 1.54) is 6.92 Å². The van der Waals surface area contributed by atoms with Crippen molar-refractivity contribution in [2.45, 2.75) is 20.0 Å². The Hall–Kier alpha value is -0.830. The number of carboxylic acid groups (broad SMARTS) is 1. The van der Waals surface area contributed by atoms with E-state index in [2.05, 4.69) is 0 Å². The minimum Gasteiger partial charge on any atom is -0.479 e. The molecule has 0 saturated heterocycles. The lowest BCUT2D eigenvalue weighted by molar-refractivity contribution is -0.148. The van der Waals surface area contributed by atoms with Crippen LogP contribution in [0.25, 0.3) is 0 Å². The second kappa shape index (κ2) is 4.99. The molecule has 0 aromatic carbocycles. The normalized spacial score (nSPS) is 13.8. The standard InChI is InChI=1S/C7H12O3/c1-3-4-5-10-6(2)7(8)9/h3-4,6H,5H2,1-2H3,(H,8,9)/b4-3+/t6-/m1/s1. The van der Waals surface area contributed by atoms with Gasteiger partial charge in [-0.1, -0.05) is 12.2 Å². The first kappa shape index (κ1) is 9.17. The first-order chi connectivity index (χ1) is 4.68. The highest BCUT2D eigenvalue weighted by Gasteiger charge is 2.08. The van der Waals surface area contributed by atoms with E-state index >= 15 is 0 Å². The van der Waals surface area contributed by atoms with Crippen LogP contribution in [0, 0.1) is 0 Å². The molecule has 0 rings (SSSR count). The Labute approximate surface area is 60.3 Å². The molecule has 0 saturated carbocycles. The number of allylic oxidation sites excluding steroid dienone is 1. The van der Waals surface area contributed by atoms with E-state index in [1.807, 2.05) is 13.0 Å². The molecule has 0 aliphatic rings. The molecule has 0 aromatic heterocycles. The summed E-state index contributed by atoms with van der Waals surface area (Å²) in [5.74, 6) is -0.926. The Bertz CT molecular complexity index is 129. The molecule has 1 N–H and O–H groups in total. The van der Waals surface area contributed by atoms with Crippen molar-refractivity contribution in [1.82, 2.24) is 0 Å². The Kier molecular flexibility index (Phi) is 4.58. The van der Waals surface area contributed by atoms with Crippen LogP contribution in [0.2, 0.25) is 0 Å². The smallest absolute Gasteiger partial charge is 0.332 e. The van der Waals surface area contributed by atoms with Crippen molar-refractivity contribution >= 4 is 5.97 Å². The maximum absolute atomic E-state index is 10.1. The van der Waals surface area contributed by atoms with E-state index in [4.69, 9.17) is 9.84 Å². The van der Waals surface area contributed by atoms with Crippen molar-refractivity contribution in [3.8, 4) is 0 Å². The number of ether oxygens (including phenoxy) is 1. The van der Waals surface area contributed by atoms with Crippen LogP contribution < -0.4 is 0 Å². The van der Waals surface area contributed by atoms with Crippen LogP contribution in [0.1, 0.15) is 13.8 Å². The molecule has 0 aliphatic heterocycles. The highest BCUT2D eigenvalue weighted by atomic mass is 16.5. The minimum absolute atomic E-state index is 0.365. The number of carboxylic acids is 1. The minimum atomic E-state index is -0.926. The second-order valence-corrected chi connectivity index (χ2v) is 1.88. The molecule has 0 bridgehead atoms. The van der Waals surface area contributed by atoms with Crippen molar-refractivity contribution in [2.24, 2.45) is 0 Å². The zero-order chi connectivity index (χ0) is 7.98. The fraction of sp³-hybridized carbons (Fsp3) is 0.571. The lowest BCUT2D eigenvalue weighted by Crippen LogP contribution is -2.19. The van der Waals surface area contributed by atoms with Gasteiger partial charge in [-0.25, -0.2) is 4.79 Å². The molecule has 0 aliphatic carbocycles. The molecule has 0 unspecified atom stereocenters. The fourth-order valence-corrected chi connectivity index (χ4v) is 0.367. The number of hydrogen-bond donors (Lipinski definition) is 1. The first-order valence-electron chi connectivity index (χ1n) is 3.14. The molecule has 0 heterocycles. The van der Waals surface area contributed by atoms with Gasteiger partial charge in [0.15, 0.2) is 6.10 Å². The summed E-state index contributed by atoms with van der Waals surface area (Å²) < 4.78 is 4.86. The average molecular weight is 144 g/mol. The molecule has 3 heteroatoms. The summed E-state index contributed by atoms with van der Waals surface area (Å²) in [4.78, 5) is 10.1. The van der Waals surface area contributed by atoms with Crippen molar-refractivity contribution in [1.29, 1.82) is 0 Å². The fourth-order valence-electron chi connectivity index (χ4n) is 0.367. The Morgan fingerprint density at radius 2 is 2.40 bits per heavy atom. The predicted molar refractivity (Wildman–Crippen MR) is 37.9 cm³/mol. The number of carbonyl (C=O) groups is 1. The quantitative estimate of drug-likeness (QED) is 0.600. The van der Waals surface area contributed by atoms with Gasteiger partial charge in [0.1, 0.15) is 0 Å². The highest BCUT2D eigenvalue weighted by Crippen LogP contribution is 1.89. The van der Waals surface area contributed by atoms with Gasteiger partial charge in [0, 0.05) is 0 Å². The number of hydrogen-bond acceptors (Lipinski definition) is 2. The lowest BCUT2D eigenvalue weighted by Gasteiger charge is -2.04. The van der Waals surface area contributed by atoms with Crippen LogP contribution in [-0.4, -0.2) is 23.8 Å². The monoisotopic (exact) mass is 144 g/mol. The van der Waals surface area contributed by atoms with Gasteiger partial charge in [-0.05, 0) is 13.8 Å². The molecule has 1 atom stereocenters. The van der Waals surface area contributed by atoms with Gasteiger partial charge in [0.2, 0.25) is 0 Å². The van der Waals surface area contributed by atoms with Crippen LogP contribution in [0.4, 0.5) is 0 Å². The summed E-state index contributed by atoms with van der Waals surface area (Å²) in [6.45, 7) is 3.73. The predicted octanol–water partition coefficient (Wildman–Crippen LogP) is 1.05. The van der Waals surface area contributed by atoms with Crippen LogP contribution >= 0.6 is 0 Å². The van der Waals surface area contributed by atoms with Gasteiger partial charge in [-0.2, -0.15) is 0 Å². The zero-order valence-corrected chi connectivity index (χ0v) is 6.20. The van der Waals surface area contributed by atoms with E-state index in [-0.39, 0.29) is 0 Å². The van der Waals surface area contributed by atoms with Gasteiger partial charge in [0.05, 0.1) is 6.61 Å². The molecular weight excluding hydrogens is 132 g/mol. The molecule has 0 spiro atoms. The summed E-state index contributed by atoms with van der Waals surface area (Å²) >= 11 is 0. The third-order valence-corrected chi connectivity index (χ3v) is 1.03. The average Bonchev–Trinajstić information content (AvgIpc) is 1.88. The lowest BCUT2D eigenvalue weighted by atomic mass is 10.4. The molecule has 0 radical (unpaired) electrons. The largest absolute Gasteiger partial charge is 0.479 e. The Morgan fingerprint density at radius 3 is 2.80 bits per heavy atom. The van der Waals surface area contributed by atoms with E-state index in [9.17, 15) is 4.79 Å². The number of aliphatic carboxylic acids is 1. The van der Waals surface area contributed by atoms with Gasteiger partial charge in [-0.15, -0.1) is 0 Å². The molecule has 0 amide bonds. The third kappa shape index (κ3) is 4.09. The summed E-state index contributed by atoms with van der Waals surface area (Å²) in [7, 11) is 0. The van der Waals surface area contributed by atoms with Gasteiger partial charge >= 0.3 is 5.97 Å². The summed E-state index contributed by atoms with van der Waals surface area (Å²) in [5, 5.41) is 8.33. The molecular formula is C7H12O3. The van der Waals surface area contributed by atoms with Gasteiger partial charge in [0.25, 0.3) is 0 Å². The summed E-state index contributed by atoms with van der Waals surface area (Å²) in [6, 6.07) is 0. The van der Waals surface area contributed by atoms with Gasteiger partial charge < -0.3 is 9.84 Å². The summed E-state index contributed by atoms with van der Waals surface area (Å²) in [6.07, 6.45) is 2.87. The summed E-state index contributed by atoms with van der Waals surface area (Å²) in [5.41, 5.74) is 0. The second-order valence-electron chi connectivity index (χ2n) is 1.88. The zero-order valence-electron chi connectivity index (χ0n) is 6.20. The van der Waals surface area contributed by atoms with Gasteiger partial charge in [-0.3, -0.25) is 0 Å². The van der Waals surface area contributed by atoms with Crippen LogP contribution in [0.15, 0.2) is 12.2 Å². The van der Waals surface area contributed by atoms with Crippen LogP contribution in [0.5, 0.6) is 0 Å². The Morgan fingerprint density at radius 1 is 1.80 bits per heavy atom. The maximum Gasteiger partial charge on any atom is 0.332 e. The van der Waals surface area contributed by atoms with Crippen molar-refractivity contribution in [3.63, 3.8) is 0 Å². The van der Waals surface area contributed by atoms with Crippen LogP contribution in [0.3, 0.4) is 0 Å². The molecule has 58 valence electrons. The number of rotatable bonds is 4. The third-order valence-electron chi connectivity index (χ3n) is 1.03. The molecule has 3 nitrogen and oxygen atoms in total. The van der Waals surface area contributed by atoms with Crippen LogP contribution in [-0.2, 0) is 9.53 Å².